The predicted molar refractivity (Wildman–Crippen MR) is 67.3 cm³/mol. The van der Waals surface area contributed by atoms with Gasteiger partial charge < -0.3 is 11.1 Å². The first-order valence-electron chi connectivity index (χ1n) is 5.68. The lowest BCUT2D eigenvalue weighted by atomic mass is 9.85. The first kappa shape index (κ1) is 12.9. The average Bonchev–Trinajstić information content (AvgIpc) is 2.16. The molecule has 90 valence electrons. The number of aryl methyl sites for hydroxylation is 1. The van der Waals surface area contributed by atoms with Crippen molar-refractivity contribution in [2.24, 2.45) is 11.1 Å². The molecule has 0 aliphatic rings. The van der Waals surface area contributed by atoms with E-state index in [1.165, 1.54) is 0 Å². The topological polar surface area (TPSA) is 63.8 Å². The molecular formula is C12H22N4. The lowest BCUT2D eigenvalue weighted by molar-refractivity contribution is 0.328. The maximum atomic E-state index is 5.64. The summed E-state index contributed by atoms with van der Waals surface area (Å²) in [5.74, 6) is 0.876. The van der Waals surface area contributed by atoms with Crippen molar-refractivity contribution < 1.29 is 0 Å². The van der Waals surface area contributed by atoms with Gasteiger partial charge in [0.1, 0.15) is 12.1 Å². The summed E-state index contributed by atoms with van der Waals surface area (Å²) in [6.45, 7) is 9.25. The van der Waals surface area contributed by atoms with Crippen molar-refractivity contribution >= 4 is 5.82 Å². The molecule has 0 radical (unpaired) electrons. The Bertz CT molecular complexity index is 330. The fourth-order valence-corrected chi connectivity index (χ4v) is 1.60. The highest BCUT2D eigenvalue weighted by atomic mass is 15.0. The van der Waals surface area contributed by atoms with Crippen molar-refractivity contribution in [2.75, 3.05) is 11.9 Å². The number of hydrogen-bond acceptors (Lipinski definition) is 4. The molecular weight excluding hydrogens is 200 g/mol. The van der Waals surface area contributed by atoms with Crippen molar-refractivity contribution in [1.82, 2.24) is 9.97 Å². The van der Waals surface area contributed by atoms with Crippen LogP contribution in [0.4, 0.5) is 5.82 Å². The van der Waals surface area contributed by atoms with Gasteiger partial charge >= 0.3 is 0 Å². The molecule has 0 fully saturated rings. The van der Waals surface area contributed by atoms with Gasteiger partial charge in [0.25, 0.3) is 0 Å². The first-order chi connectivity index (χ1) is 7.43. The zero-order chi connectivity index (χ0) is 12.2. The van der Waals surface area contributed by atoms with Gasteiger partial charge in [-0.3, -0.25) is 0 Å². The van der Waals surface area contributed by atoms with Crippen molar-refractivity contribution in [3.8, 4) is 0 Å². The molecule has 0 bridgehead atoms. The molecule has 3 N–H and O–H groups in total. The van der Waals surface area contributed by atoms with Crippen LogP contribution in [0.3, 0.4) is 0 Å². The third-order valence-corrected chi connectivity index (χ3v) is 2.63. The molecule has 1 aromatic heterocycles. The van der Waals surface area contributed by atoms with E-state index in [1.54, 1.807) is 6.33 Å². The van der Waals surface area contributed by atoms with Crippen LogP contribution in [0.2, 0.25) is 0 Å². The zero-order valence-corrected chi connectivity index (χ0v) is 10.6. The highest BCUT2D eigenvalue weighted by Crippen LogP contribution is 2.24. The van der Waals surface area contributed by atoms with Crippen LogP contribution in [-0.2, 0) is 0 Å². The van der Waals surface area contributed by atoms with Crippen molar-refractivity contribution in [3.05, 3.63) is 18.1 Å². The lowest BCUT2D eigenvalue weighted by Gasteiger charge is -2.31. The Morgan fingerprint density at radius 2 is 2.06 bits per heavy atom. The monoisotopic (exact) mass is 222 g/mol. The van der Waals surface area contributed by atoms with Gasteiger partial charge in [-0.15, -0.1) is 0 Å². The Labute approximate surface area is 97.7 Å². The summed E-state index contributed by atoms with van der Waals surface area (Å²) < 4.78 is 0. The minimum absolute atomic E-state index is 0.165. The van der Waals surface area contributed by atoms with Gasteiger partial charge in [-0.05, 0) is 25.3 Å². The van der Waals surface area contributed by atoms with Gasteiger partial charge in [-0.25, -0.2) is 9.97 Å². The number of anilines is 1. The quantitative estimate of drug-likeness (QED) is 0.817. The van der Waals surface area contributed by atoms with Gasteiger partial charge in [0.2, 0.25) is 0 Å². The number of nitrogens with two attached hydrogens (primary N) is 1. The van der Waals surface area contributed by atoms with Gasteiger partial charge in [0.15, 0.2) is 0 Å². The molecule has 1 heterocycles. The van der Waals surface area contributed by atoms with Crippen LogP contribution in [0, 0.1) is 12.3 Å². The van der Waals surface area contributed by atoms with E-state index in [4.69, 9.17) is 5.73 Å². The van der Waals surface area contributed by atoms with E-state index in [9.17, 15) is 0 Å². The van der Waals surface area contributed by atoms with Crippen LogP contribution in [0.1, 0.15) is 32.9 Å². The van der Waals surface area contributed by atoms with E-state index >= 15 is 0 Å². The maximum Gasteiger partial charge on any atom is 0.129 e. The summed E-state index contributed by atoms with van der Waals surface area (Å²) in [5.41, 5.74) is 6.77. The molecule has 1 unspecified atom stereocenters. The average molecular weight is 222 g/mol. The van der Waals surface area contributed by atoms with E-state index in [-0.39, 0.29) is 5.41 Å². The largest absolute Gasteiger partial charge is 0.367 e. The third kappa shape index (κ3) is 3.77. The lowest BCUT2D eigenvalue weighted by Crippen LogP contribution is -2.36. The smallest absolute Gasteiger partial charge is 0.129 e. The molecule has 4 heteroatoms. The minimum Gasteiger partial charge on any atom is -0.367 e. The van der Waals surface area contributed by atoms with E-state index in [1.807, 2.05) is 13.0 Å². The Kier molecular flexibility index (Phi) is 4.24. The summed E-state index contributed by atoms with van der Waals surface area (Å²) >= 11 is 0. The van der Waals surface area contributed by atoms with Crippen molar-refractivity contribution in [1.29, 1.82) is 0 Å². The van der Waals surface area contributed by atoms with E-state index in [0.717, 1.165) is 17.9 Å². The number of hydrogen-bond donors (Lipinski definition) is 2. The normalized spacial score (nSPS) is 13.6. The van der Waals surface area contributed by atoms with Crippen molar-refractivity contribution in [2.45, 2.75) is 40.2 Å². The molecule has 0 aliphatic heterocycles. The summed E-state index contributed by atoms with van der Waals surface area (Å²) in [4.78, 5) is 8.29. The zero-order valence-electron chi connectivity index (χ0n) is 10.6. The molecule has 16 heavy (non-hydrogen) atoms. The van der Waals surface area contributed by atoms with Crippen LogP contribution in [0.15, 0.2) is 12.4 Å². The number of aromatic nitrogens is 2. The first-order valence-corrected chi connectivity index (χ1v) is 5.68. The second kappa shape index (κ2) is 5.25. The number of rotatable bonds is 4. The van der Waals surface area contributed by atoms with E-state index in [2.05, 4.69) is 36.1 Å². The minimum atomic E-state index is 0.165. The molecule has 1 aromatic rings. The molecule has 1 rings (SSSR count). The Hall–Kier alpha value is -1.16. The van der Waals surface area contributed by atoms with Crippen LogP contribution >= 0.6 is 0 Å². The Morgan fingerprint density at radius 3 is 2.56 bits per heavy atom. The molecule has 0 aromatic carbocycles. The van der Waals surface area contributed by atoms with Crippen LogP contribution < -0.4 is 11.1 Å². The molecule has 1 atom stereocenters. The molecule has 0 aliphatic carbocycles. The SMILES string of the molecule is Cc1cc(NC(CCN)C(C)(C)C)ncn1. The molecule has 0 spiro atoms. The maximum absolute atomic E-state index is 5.64. The van der Waals surface area contributed by atoms with Gasteiger partial charge in [0.05, 0.1) is 0 Å². The number of nitrogens with zero attached hydrogens (tertiary/aromatic N) is 2. The summed E-state index contributed by atoms with van der Waals surface area (Å²) in [7, 11) is 0. The second-order valence-corrected chi connectivity index (χ2v) is 5.18. The molecule has 0 saturated carbocycles. The van der Waals surface area contributed by atoms with Crippen LogP contribution in [0.25, 0.3) is 0 Å². The van der Waals surface area contributed by atoms with Gasteiger partial charge in [-0.2, -0.15) is 0 Å². The summed E-state index contributed by atoms with van der Waals surface area (Å²) in [6, 6.07) is 2.28. The predicted octanol–water partition coefficient (Wildman–Crippen LogP) is 1.96. The fraction of sp³-hybridized carbons (Fsp3) is 0.667. The summed E-state index contributed by atoms with van der Waals surface area (Å²) in [5, 5.41) is 3.43. The standard InChI is InChI=1S/C12H22N4/c1-9-7-11(15-8-14-9)16-10(5-6-13)12(2,3)4/h7-8,10H,5-6,13H2,1-4H3,(H,14,15,16). The van der Waals surface area contributed by atoms with Gasteiger partial charge in [0, 0.05) is 17.8 Å². The van der Waals surface area contributed by atoms with Gasteiger partial charge in [-0.1, -0.05) is 20.8 Å². The Balaban J connectivity index is 2.76. The third-order valence-electron chi connectivity index (χ3n) is 2.63. The fourth-order valence-electron chi connectivity index (χ4n) is 1.60. The Morgan fingerprint density at radius 1 is 1.38 bits per heavy atom. The van der Waals surface area contributed by atoms with E-state index < -0.39 is 0 Å². The van der Waals surface area contributed by atoms with Crippen LogP contribution in [-0.4, -0.2) is 22.6 Å². The molecule has 0 amide bonds. The molecule has 4 nitrogen and oxygen atoms in total. The summed E-state index contributed by atoms with van der Waals surface area (Å²) in [6.07, 6.45) is 2.52. The highest BCUT2D eigenvalue weighted by molar-refractivity contribution is 5.36. The van der Waals surface area contributed by atoms with Crippen LogP contribution in [0.5, 0.6) is 0 Å². The van der Waals surface area contributed by atoms with E-state index in [0.29, 0.717) is 12.6 Å². The second-order valence-electron chi connectivity index (χ2n) is 5.18. The van der Waals surface area contributed by atoms with Crippen molar-refractivity contribution in [3.63, 3.8) is 0 Å². The number of nitrogens with one attached hydrogen (secondary N) is 1. The highest BCUT2D eigenvalue weighted by Gasteiger charge is 2.23. The molecule has 0 saturated heterocycles.